The number of hydrogen-bond donors (Lipinski definition) is 1. The Morgan fingerprint density at radius 1 is 1.55 bits per heavy atom. The summed E-state index contributed by atoms with van der Waals surface area (Å²) < 4.78 is 6.42. The normalized spacial score (nSPS) is 10.3. The summed E-state index contributed by atoms with van der Waals surface area (Å²) in [6.07, 6.45) is 1.22. The lowest BCUT2D eigenvalue weighted by molar-refractivity contribution is -0.389. The van der Waals surface area contributed by atoms with Crippen molar-refractivity contribution in [2.45, 2.75) is 13.5 Å². The number of amides is 1. The van der Waals surface area contributed by atoms with Crippen LogP contribution in [-0.2, 0) is 11.3 Å². The molecule has 0 aliphatic carbocycles. The van der Waals surface area contributed by atoms with Crippen LogP contribution in [-0.4, -0.2) is 27.5 Å². The number of carbonyl (C=O) groups excluding carboxylic acids is 1. The van der Waals surface area contributed by atoms with Gasteiger partial charge in [0.25, 0.3) is 0 Å². The van der Waals surface area contributed by atoms with Crippen molar-refractivity contribution in [1.82, 2.24) is 9.55 Å². The SMILES string of the molecule is COc1ccc(NC(=O)Cn2cc([N+](=O)[O-])nc2C)cc1Cl. The van der Waals surface area contributed by atoms with E-state index in [0.717, 1.165) is 0 Å². The molecule has 0 bridgehead atoms. The number of halogens is 1. The van der Waals surface area contributed by atoms with Crippen LogP contribution in [0.3, 0.4) is 0 Å². The average molecular weight is 325 g/mol. The van der Waals surface area contributed by atoms with Gasteiger partial charge in [-0.2, -0.15) is 0 Å². The minimum absolute atomic E-state index is 0.0870. The number of nitrogens with one attached hydrogen (secondary N) is 1. The highest BCUT2D eigenvalue weighted by molar-refractivity contribution is 6.32. The van der Waals surface area contributed by atoms with Crippen LogP contribution in [0, 0.1) is 17.0 Å². The molecule has 2 rings (SSSR count). The second-order valence-corrected chi connectivity index (χ2v) is 4.84. The molecule has 0 aliphatic rings. The number of nitro groups is 1. The van der Waals surface area contributed by atoms with Gasteiger partial charge in [-0.05, 0) is 28.1 Å². The van der Waals surface area contributed by atoms with E-state index in [1.807, 2.05) is 0 Å². The van der Waals surface area contributed by atoms with E-state index >= 15 is 0 Å². The van der Waals surface area contributed by atoms with Crippen molar-refractivity contribution >= 4 is 29.0 Å². The molecule has 0 saturated heterocycles. The Morgan fingerprint density at radius 3 is 2.82 bits per heavy atom. The zero-order chi connectivity index (χ0) is 16.3. The number of aryl methyl sites for hydroxylation is 1. The summed E-state index contributed by atoms with van der Waals surface area (Å²) in [4.78, 5) is 25.8. The van der Waals surface area contributed by atoms with E-state index in [-0.39, 0.29) is 18.3 Å². The molecule has 0 aliphatic heterocycles. The molecule has 1 amide bonds. The number of ether oxygens (including phenoxy) is 1. The number of rotatable bonds is 5. The molecule has 0 fully saturated rings. The first-order chi connectivity index (χ1) is 10.4. The summed E-state index contributed by atoms with van der Waals surface area (Å²) in [5.74, 6) is 0.241. The van der Waals surface area contributed by atoms with Gasteiger partial charge in [-0.15, -0.1) is 0 Å². The van der Waals surface area contributed by atoms with Gasteiger partial charge in [-0.1, -0.05) is 11.6 Å². The van der Waals surface area contributed by atoms with Gasteiger partial charge in [0, 0.05) is 12.6 Å². The second kappa shape index (κ2) is 6.44. The number of hydrogen-bond acceptors (Lipinski definition) is 5. The van der Waals surface area contributed by atoms with Crippen molar-refractivity contribution in [3.05, 3.63) is 45.4 Å². The maximum atomic E-state index is 12.0. The standard InChI is InChI=1S/C13H13ClN4O4/c1-8-15-12(18(20)21)6-17(8)7-13(19)16-9-3-4-11(22-2)10(14)5-9/h3-6H,7H2,1-2H3,(H,16,19). The predicted octanol–water partition coefficient (Wildman–Crippen LogP) is 2.40. The summed E-state index contributed by atoms with van der Waals surface area (Å²) >= 11 is 5.97. The van der Waals surface area contributed by atoms with Crippen LogP contribution < -0.4 is 10.1 Å². The molecule has 1 heterocycles. The molecule has 0 saturated carbocycles. The molecule has 0 atom stereocenters. The Kier molecular flexibility index (Phi) is 4.62. The molecule has 1 aromatic heterocycles. The Morgan fingerprint density at radius 2 is 2.27 bits per heavy atom. The quantitative estimate of drug-likeness (QED) is 0.672. The molecular weight excluding hydrogens is 312 g/mol. The molecule has 0 spiro atoms. The van der Waals surface area contributed by atoms with Crippen LogP contribution >= 0.6 is 11.6 Å². The number of nitrogens with zero attached hydrogens (tertiary/aromatic N) is 3. The van der Waals surface area contributed by atoms with Crippen molar-refractivity contribution in [2.24, 2.45) is 0 Å². The Labute approximate surface area is 130 Å². The van der Waals surface area contributed by atoms with Crippen molar-refractivity contribution in [1.29, 1.82) is 0 Å². The monoisotopic (exact) mass is 324 g/mol. The second-order valence-electron chi connectivity index (χ2n) is 4.43. The maximum Gasteiger partial charge on any atom is 0.381 e. The van der Waals surface area contributed by atoms with Gasteiger partial charge in [0.15, 0.2) is 0 Å². The van der Waals surface area contributed by atoms with Gasteiger partial charge in [0.2, 0.25) is 11.7 Å². The number of methoxy groups -OCH3 is 1. The number of imidazole rings is 1. The summed E-state index contributed by atoms with van der Waals surface area (Å²) in [6.45, 7) is 1.50. The highest BCUT2D eigenvalue weighted by atomic mass is 35.5. The van der Waals surface area contributed by atoms with Crippen LogP contribution in [0.2, 0.25) is 5.02 Å². The zero-order valence-electron chi connectivity index (χ0n) is 11.9. The number of carbonyl (C=O) groups is 1. The van der Waals surface area contributed by atoms with Crippen molar-refractivity contribution < 1.29 is 14.5 Å². The van der Waals surface area contributed by atoms with E-state index in [9.17, 15) is 14.9 Å². The van der Waals surface area contributed by atoms with Crippen LogP contribution in [0.25, 0.3) is 0 Å². The van der Waals surface area contributed by atoms with E-state index in [1.54, 1.807) is 25.1 Å². The average Bonchev–Trinajstić information content (AvgIpc) is 2.80. The minimum atomic E-state index is -0.606. The van der Waals surface area contributed by atoms with Crippen LogP contribution in [0.1, 0.15) is 5.82 Å². The Bertz CT molecular complexity index is 729. The van der Waals surface area contributed by atoms with E-state index in [2.05, 4.69) is 10.3 Å². The fraction of sp³-hybridized carbons (Fsp3) is 0.231. The van der Waals surface area contributed by atoms with Gasteiger partial charge in [0.05, 0.1) is 12.1 Å². The van der Waals surface area contributed by atoms with Crippen LogP contribution in [0.15, 0.2) is 24.4 Å². The Hall–Kier alpha value is -2.61. The Balaban J connectivity index is 2.07. The third-order valence-corrected chi connectivity index (χ3v) is 3.20. The molecule has 2 aromatic rings. The topological polar surface area (TPSA) is 99.3 Å². The molecule has 9 heteroatoms. The molecule has 1 aromatic carbocycles. The summed E-state index contributed by atoms with van der Waals surface area (Å²) in [5, 5.41) is 13.7. The van der Waals surface area contributed by atoms with Crippen molar-refractivity contribution in [2.75, 3.05) is 12.4 Å². The minimum Gasteiger partial charge on any atom is -0.495 e. The molecular formula is C13H13ClN4O4. The molecule has 22 heavy (non-hydrogen) atoms. The first-order valence-electron chi connectivity index (χ1n) is 6.22. The van der Waals surface area contributed by atoms with E-state index in [1.165, 1.54) is 17.9 Å². The van der Waals surface area contributed by atoms with Crippen LogP contribution in [0.5, 0.6) is 5.75 Å². The van der Waals surface area contributed by atoms with E-state index < -0.39 is 4.92 Å². The third-order valence-electron chi connectivity index (χ3n) is 2.90. The smallest absolute Gasteiger partial charge is 0.381 e. The first-order valence-corrected chi connectivity index (χ1v) is 6.60. The number of benzene rings is 1. The zero-order valence-corrected chi connectivity index (χ0v) is 12.6. The molecule has 8 nitrogen and oxygen atoms in total. The summed E-state index contributed by atoms with van der Waals surface area (Å²) in [5.41, 5.74) is 0.503. The maximum absolute atomic E-state index is 12.0. The lowest BCUT2D eigenvalue weighted by Crippen LogP contribution is -2.19. The van der Waals surface area contributed by atoms with Gasteiger partial charge >= 0.3 is 5.82 Å². The van der Waals surface area contributed by atoms with E-state index in [4.69, 9.17) is 16.3 Å². The van der Waals surface area contributed by atoms with Crippen molar-refractivity contribution in [3.63, 3.8) is 0 Å². The first kappa shape index (κ1) is 15.8. The van der Waals surface area contributed by atoms with Crippen LogP contribution in [0.4, 0.5) is 11.5 Å². The third kappa shape index (κ3) is 3.53. The fourth-order valence-corrected chi connectivity index (χ4v) is 2.10. The highest BCUT2D eigenvalue weighted by Crippen LogP contribution is 2.27. The molecule has 0 radical (unpaired) electrons. The van der Waals surface area contributed by atoms with Crippen molar-refractivity contribution in [3.8, 4) is 5.75 Å². The summed E-state index contributed by atoms with van der Waals surface area (Å²) in [7, 11) is 1.49. The highest BCUT2D eigenvalue weighted by Gasteiger charge is 2.17. The predicted molar refractivity (Wildman–Crippen MR) is 80.3 cm³/mol. The van der Waals surface area contributed by atoms with Gasteiger partial charge in [0.1, 0.15) is 18.5 Å². The lowest BCUT2D eigenvalue weighted by atomic mass is 10.3. The number of anilines is 1. The largest absolute Gasteiger partial charge is 0.495 e. The molecule has 116 valence electrons. The van der Waals surface area contributed by atoms with E-state index in [0.29, 0.717) is 22.3 Å². The van der Waals surface area contributed by atoms with Gasteiger partial charge < -0.3 is 20.2 Å². The lowest BCUT2D eigenvalue weighted by Gasteiger charge is -2.08. The molecule has 1 N–H and O–H groups in total. The fourth-order valence-electron chi connectivity index (χ4n) is 1.84. The molecule has 0 unspecified atom stereocenters. The number of aromatic nitrogens is 2. The summed E-state index contributed by atoms with van der Waals surface area (Å²) in [6, 6.07) is 4.83. The van der Waals surface area contributed by atoms with Gasteiger partial charge in [-0.25, -0.2) is 0 Å². The van der Waals surface area contributed by atoms with Gasteiger partial charge in [-0.3, -0.25) is 9.36 Å².